The summed E-state index contributed by atoms with van der Waals surface area (Å²) in [6.45, 7) is 2.29. The van der Waals surface area contributed by atoms with Crippen molar-refractivity contribution >= 4 is 23.2 Å². The number of carbonyl (C=O) groups excluding carboxylic acids is 2. The van der Waals surface area contributed by atoms with Crippen LogP contribution in [0.2, 0.25) is 0 Å². The predicted octanol–water partition coefficient (Wildman–Crippen LogP) is 2.38. The maximum absolute atomic E-state index is 11.7. The number of hydrogen-bond acceptors (Lipinski definition) is 3. The molecule has 5 heteroatoms. The molecule has 2 amide bonds. The van der Waals surface area contributed by atoms with Gasteiger partial charge in [0.15, 0.2) is 0 Å². The molecule has 0 spiro atoms. The van der Waals surface area contributed by atoms with Crippen molar-refractivity contribution in [1.29, 1.82) is 0 Å². The number of carbonyl (C=O) groups is 2. The van der Waals surface area contributed by atoms with E-state index >= 15 is 0 Å². The molecule has 0 fully saturated rings. The molecule has 4 N–H and O–H groups in total. The summed E-state index contributed by atoms with van der Waals surface area (Å²) in [6.07, 6.45) is 0.882. The van der Waals surface area contributed by atoms with Gasteiger partial charge in [0.1, 0.15) is 0 Å². The maximum atomic E-state index is 11.7. The average molecular weight is 295 g/mol. The van der Waals surface area contributed by atoms with E-state index < -0.39 is 5.91 Å². The van der Waals surface area contributed by atoms with E-state index in [0.717, 1.165) is 41.0 Å². The van der Waals surface area contributed by atoms with Crippen LogP contribution in [0.15, 0.2) is 36.4 Å². The topological polar surface area (TPSA) is 84.2 Å². The van der Waals surface area contributed by atoms with Gasteiger partial charge in [-0.3, -0.25) is 9.59 Å². The van der Waals surface area contributed by atoms with Crippen LogP contribution in [-0.4, -0.2) is 18.4 Å². The Labute approximate surface area is 128 Å². The van der Waals surface area contributed by atoms with E-state index in [9.17, 15) is 9.59 Å². The summed E-state index contributed by atoms with van der Waals surface area (Å²) < 4.78 is 0. The fourth-order valence-corrected chi connectivity index (χ4v) is 2.74. The van der Waals surface area contributed by atoms with Crippen molar-refractivity contribution < 1.29 is 9.59 Å². The van der Waals surface area contributed by atoms with E-state index in [0.29, 0.717) is 5.56 Å². The Morgan fingerprint density at radius 3 is 2.50 bits per heavy atom. The number of nitrogens with two attached hydrogens (primary N) is 1. The maximum Gasteiger partial charge on any atom is 0.250 e. The number of rotatable bonds is 3. The SMILES string of the molecule is CC(=O)Nc1ccc(-c2cc3c(c(C(N)=O)c2)NCC3)cc1. The van der Waals surface area contributed by atoms with Gasteiger partial charge in [0, 0.05) is 19.2 Å². The summed E-state index contributed by atoms with van der Waals surface area (Å²) in [5.74, 6) is -0.533. The van der Waals surface area contributed by atoms with Crippen LogP contribution in [0.25, 0.3) is 11.1 Å². The van der Waals surface area contributed by atoms with Crippen LogP contribution in [0.4, 0.5) is 11.4 Å². The number of anilines is 2. The summed E-state index contributed by atoms with van der Waals surface area (Å²) >= 11 is 0. The molecule has 22 heavy (non-hydrogen) atoms. The predicted molar refractivity (Wildman–Crippen MR) is 86.9 cm³/mol. The Hall–Kier alpha value is -2.82. The lowest BCUT2D eigenvalue weighted by molar-refractivity contribution is -0.114. The minimum atomic E-state index is -0.428. The van der Waals surface area contributed by atoms with E-state index in [2.05, 4.69) is 16.7 Å². The van der Waals surface area contributed by atoms with Crippen molar-refractivity contribution in [2.24, 2.45) is 5.73 Å². The van der Waals surface area contributed by atoms with Gasteiger partial charge in [-0.1, -0.05) is 12.1 Å². The molecule has 2 aromatic rings. The number of amides is 2. The highest BCUT2D eigenvalue weighted by molar-refractivity contribution is 6.01. The summed E-state index contributed by atoms with van der Waals surface area (Å²) in [5, 5.41) is 5.94. The Morgan fingerprint density at radius 2 is 1.86 bits per heavy atom. The quantitative estimate of drug-likeness (QED) is 0.813. The standard InChI is InChI=1S/C17H17N3O2/c1-10(21)20-14-4-2-11(3-5-14)13-8-12-6-7-19-16(12)15(9-13)17(18)22/h2-5,8-9,19H,6-7H2,1H3,(H2,18,22)(H,20,21). The molecule has 0 bridgehead atoms. The highest BCUT2D eigenvalue weighted by Gasteiger charge is 2.19. The van der Waals surface area contributed by atoms with Gasteiger partial charge in [0.05, 0.1) is 11.3 Å². The largest absolute Gasteiger partial charge is 0.384 e. The van der Waals surface area contributed by atoms with E-state index in [1.165, 1.54) is 6.92 Å². The van der Waals surface area contributed by atoms with Gasteiger partial charge in [0.2, 0.25) is 5.91 Å². The first-order valence-electron chi connectivity index (χ1n) is 7.13. The molecular weight excluding hydrogens is 278 g/mol. The fourth-order valence-electron chi connectivity index (χ4n) is 2.74. The number of fused-ring (bicyclic) bond motifs is 1. The highest BCUT2D eigenvalue weighted by atomic mass is 16.1. The van der Waals surface area contributed by atoms with E-state index in [-0.39, 0.29) is 5.91 Å². The average Bonchev–Trinajstić information content (AvgIpc) is 2.94. The number of benzene rings is 2. The van der Waals surface area contributed by atoms with Crippen molar-refractivity contribution in [1.82, 2.24) is 0 Å². The highest BCUT2D eigenvalue weighted by Crippen LogP contribution is 2.32. The molecule has 3 rings (SSSR count). The zero-order valence-corrected chi connectivity index (χ0v) is 12.3. The lowest BCUT2D eigenvalue weighted by Gasteiger charge is -2.10. The van der Waals surface area contributed by atoms with E-state index in [1.54, 1.807) is 0 Å². The first kappa shape index (κ1) is 14.1. The van der Waals surface area contributed by atoms with Crippen LogP contribution in [0.5, 0.6) is 0 Å². The van der Waals surface area contributed by atoms with Crippen LogP contribution in [0.3, 0.4) is 0 Å². The second-order valence-corrected chi connectivity index (χ2v) is 5.36. The molecule has 112 valence electrons. The molecule has 0 aliphatic carbocycles. The van der Waals surface area contributed by atoms with Gasteiger partial charge >= 0.3 is 0 Å². The van der Waals surface area contributed by atoms with Gasteiger partial charge in [-0.05, 0) is 47.4 Å². The molecule has 1 aliphatic heterocycles. The second-order valence-electron chi connectivity index (χ2n) is 5.36. The zero-order valence-electron chi connectivity index (χ0n) is 12.3. The van der Waals surface area contributed by atoms with Crippen LogP contribution < -0.4 is 16.4 Å². The van der Waals surface area contributed by atoms with Gasteiger partial charge in [-0.15, -0.1) is 0 Å². The Kier molecular flexibility index (Phi) is 3.55. The van der Waals surface area contributed by atoms with Gasteiger partial charge in [-0.25, -0.2) is 0 Å². The molecule has 0 saturated carbocycles. The van der Waals surface area contributed by atoms with Crippen molar-refractivity contribution in [3.8, 4) is 11.1 Å². The first-order valence-corrected chi connectivity index (χ1v) is 7.13. The first-order chi connectivity index (χ1) is 10.5. The molecule has 0 radical (unpaired) electrons. The monoisotopic (exact) mass is 295 g/mol. The van der Waals surface area contributed by atoms with Crippen molar-refractivity contribution in [2.45, 2.75) is 13.3 Å². The van der Waals surface area contributed by atoms with Crippen LogP contribution in [-0.2, 0) is 11.2 Å². The lowest BCUT2D eigenvalue weighted by Crippen LogP contribution is -2.13. The van der Waals surface area contributed by atoms with E-state index in [1.807, 2.05) is 30.3 Å². The van der Waals surface area contributed by atoms with Crippen LogP contribution in [0.1, 0.15) is 22.8 Å². The van der Waals surface area contributed by atoms with Gasteiger partial charge in [0.25, 0.3) is 5.91 Å². The molecule has 1 heterocycles. The summed E-state index contributed by atoms with van der Waals surface area (Å²) in [6, 6.07) is 11.4. The van der Waals surface area contributed by atoms with Crippen molar-refractivity contribution in [2.75, 3.05) is 17.2 Å². The molecule has 0 saturated heterocycles. The number of primary amides is 1. The summed E-state index contributed by atoms with van der Waals surface area (Å²) in [5.41, 5.74) is 10.6. The third-order valence-electron chi connectivity index (χ3n) is 3.72. The zero-order chi connectivity index (χ0) is 15.7. The third-order valence-corrected chi connectivity index (χ3v) is 3.72. The lowest BCUT2D eigenvalue weighted by atomic mass is 9.97. The fraction of sp³-hybridized carbons (Fsp3) is 0.176. The Balaban J connectivity index is 2.00. The minimum absolute atomic E-state index is 0.104. The molecule has 0 aromatic heterocycles. The Bertz CT molecular complexity index is 751. The minimum Gasteiger partial charge on any atom is -0.384 e. The molecule has 5 nitrogen and oxygen atoms in total. The third kappa shape index (κ3) is 2.65. The molecular formula is C17H17N3O2. The molecule has 2 aromatic carbocycles. The summed E-state index contributed by atoms with van der Waals surface area (Å²) in [4.78, 5) is 22.7. The number of nitrogens with one attached hydrogen (secondary N) is 2. The molecule has 0 unspecified atom stereocenters. The summed E-state index contributed by atoms with van der Waals surface area (Å²) in [7, 11) is 0. The van der Waals surface area contributed by atoms with Gasteiger partial charge in [-0.2, -0.15) is 0 Å². The molecule has 0 atom stereocenters. The smallest absolute Gasteiger partial charge is 0.250 e. The number of hydrogen-bond donors (Lipinski definition) is 3. The van der Waals surface area contributed by atoms with Crippen molar-refractivity contribution in [3.05, 3.63) is 47.5 Å². The van der Waals surface area contributed by atoms with Crippen LogP contribution >= 0.6 is 0 Å². The Morgan fingerprint density at radius 1 is 1.14 bits per heavy atom. The second kappa shape index (κ2) is 5.52. The molecule has 1 aliphatic rings. The van der Waals surface area contributed by atoms with Crippen LogP contribution in [0, 0.1) is 0 Å². The van der Waals surface area contributed by atoms with Crippen molar-refractivity contribution in [3.63, 3.8) is 0 Å². The van der Waals surface area contributed by atoms with Gasteiger partial charge < -0.3 is 16.4 Å². The van der Waals surface area contributed by atoms with E-state index in [4.69, 9.17) is 5.73 Å². The normalized spacial score (nSPS) is 12.4.